The highest BCUT2D eigenvalue weighted by Crippen LogP contribution is 2.48. The predicted molar refractivity (Wildman–Crippen MR) is 526 cm³/mol. The van der Waals surface area contributed by atoms with Crippen LogP contribution in [0.5, 0.6) is 0 Å². The summed E-state index contributed by atoms with van der Waals surface area (Å²) in [5.41, 5.74) is 21.5. The smallest absolute Gasteiger partial charge is 0.164 e. The number of hydrogen-bond acceptors (Lipinski definition) is 7. The minimum Gasteiger partial charge on any atom is -0.311 e. The first-order valence-electron chi connectivity index (χ1n) is 42.7. The van der Waals surface area contributed by atoms with E-state index in [0.717, 1.165) is 105 Å². The van der Waals surface area contributed by atoms with Crippen LogP contribution in [0.15, 0.2) is 461 Å². The number of benzene rings is 21. The van der Waals surface area contributed by atoms with Crippen molar-refractivity contribution >= 4 is 114 Å². The van der Waals surface area contributed by atoms with Crippen LogP contribution in [0.3, 0.4) is 0 Å². The van der Waals surface area contributed by atoms with Crippen LogP contribution in [0.1, 0.15) is 0 Å². The van der Waals surface area contributed by atoms with E-state index in [4.69, 9.17) is 29.9 Å². The maximum atomic E-state index is 5.30. The average molecular weight is 1610 g/mol. The van der Waals surface area contributed by atoms with Gasteiger partial charge in [0.15, 0.2) is 34.9 Å². The number of nitrogens with zero attached hydrogens (tertiary/aromatic N) is 8. The van der Waals surface area contributed by atoms with Gasteiger partial charge in [0.25, 0.3) is 0 Å². The van der Waals surface area contributed by atoms with E-state index in [9.17, 15) is 0 Å². The largest absolute Gasteiger partial charge is 0.311 e. The van der Waals surface area contributed by atoms with Gasteiger partial charge in [-0.3, -0.25) is 0 Å². The number of hydrogen-bond donors (Lipinski definition) is 0. The molecule has 0 aliphatic carbocycles. The first-order valence-corrected chi connectivity index (χ1v) is 42.7. The topological polar surface area (TPSA) is 85.5 Å². The van der Waals surface area contributed by atoms with Crippen molar-refractivity contribution in [1.29, 1.82) is 0 Å². The summed E-state index contributed by atoms with van der Waals surface area (Å²) >= 11 is 0. The first kappa shape index (κ1) is 74.1. The maximum Gasteiger partial charge on any atom is 0.164 e. The van der Waals surface area contributed by atoms with Crippen LogP contribution in [0.2, 0.25) is 0 Å². The van der Waals surface area contributed by atoms with Gasteiger partial charge >= 0.3 is 0 Å². The molecule has 0 amide bonds. The van der Waals surface area contributed by atoms with Crippen molar-refractivity contribution in [2.75, 3.05) is 4.90 Å². The zero-order valence-electron chi connectivity index (χ0n) is 68.5. The predicted octanol–water partition coefficient (Wildman–Crippen LogP) is 31.1. The van der Waals surface area contributed by atoms with Crippen LogP contribution >= 0.6 is 0 Å². The molecule has 0 saturated carbocycles. The molecule has 24 aromatic rings. The average Bonchev–Trinajstić information content (AvgIpc) is 1.06. The van der Waals surface area contributed by atoms with Gasteiger partial charge in [0.2, 0.25) is 0 Å². The third kappa shape index (κ3) is 13.6. The Morgan fingerprint density at radius 2 is 0.421 bits per heavy atom. The zero-order chi connectivity index (χ0) is 83.4. The molecular weight excluding hydrogens is 1530 g/mol. The van der Waals surface area contributed by atoms with Crippen LogP contribution in [0.25, 0.3) is 216 Å². The quantitative estimate of drug-likeness (QED) is 0.100. The molecule has 0 N–H and O–H groups in total. The van der Waals surface area contributed by atoms with Gasteiger partial charge in [-0.2, -0.15) is 0 Å². The molecular formula is C118H76N8. The van der Waals surface area contributed by atoms with Gasteiger partial charge in [-0.25, -0.2) is 29.9 Å². The molecule has 0 saturated heterocycles. The molecule has 126 heavy (non-hydrogen) atoms. The summed E-state index contributed by atoms with van der Waals surface area (Å²) in [4.78, 5) is 33.6. The SMILES string of the molecule is c1ccc(-c2ccc(N(c3ccc(-c4ccccc4)cc3)c3ccc(-c4cc(-c5nc(-c6ccccc6)nc(-c6ccccc6)n5)c5c6ccccc6c6ccccc6c5c4)cc3)cc2)cc1.c1ccc(-c2nc(-c3ccccc3)nc(-c3cc(-c4ccc(-n5c6ccccc6c6cc7ccccc7cc65)cc4)cc4c5ccccc5c5ccccc5c34)n2)cc1. The molecule has 21 aromatic carbocycles. The van der Waals surface area contributed by atoms with E-state index in [2.05, 4.69) is 398 Å². The minimum absolute atomic E-state index is 0.626. The number of anilines is 3. The van der Waals surface area contributed by atoms with E-state index in [-0.39, 0.29) is 0 Å². The van der Waals surface area contributed by atoms with Crippen molar-refractivity contribution in [3.63, 3.8) is 0 Å². The van der Waals surface area contributed by atoms with Crippen molar-refractivity contribution in [2.24, 2.45) is 0 Å². The number of rotatable bonds is 14. The molecule has 0 spiro atoms. The van der Waals surface area contributed by atoms with Crippen LogP contribution in [0.4, 0.5) is 17.1 Å². The zero-order valence-corrected chi connectivity index (χ0v) is 68.5. The Morgan fingerprint density at radius 1 is 0.159 bits per heavy atom. The lowest BCUT2D eigenvalue weighted by Gasteiger charge is -2.26. The number of aromatic nitrogens is 7. The van der Waals surface area contributed by atoms with E-state index >= 15 is 0 Å². The fraction of sp³-hybridized carbons (Fsp3) is 0. The van der Waals surface area contributed by atoms with Crippen LogP contribution in [-0.2, 0) is 0 Å². The first-order chi connectivity index (χ1) is 62.5. The highest BCUT2D eigenvalue weighted by atomic mass is 15.1. The standard InChI is InChI=1S/C63H42N4.C55H34N4/c1-5-17-43(18-6-1)45-29-35-51(36-30-45)67(52-37-31-46(32-38-52)44-19-7-2-8-20-44)53-39-33-47(34-40-53)50-41-58-56-27-14-13-25-54(56)55-26-15-16-28-57(55)60(58)59(42-50)63-65-61(48-21-9-3-10-22-48)64-62(66-63)49-23-11-4-12-24-49;1-3-15-36(16-4-1)53-56-54(37-17-5-2-6-18-37)58-55(57-53)49-33-40(32-48-44-23-10-9-21-42(44)43-22-11-12-25-46(43)52(48)49)35-27-29-41(30-28-35)59-50-26-14-13-24-45(50)47-31-38-19-7-8-20-39(38)34-51(47)59/h1-42H;1-34H. The Kier molecular flexibility index (Phi) is 18.8. The van der Waals surface area contributed by atoms with Gasteiger partial charge in [0, 0.05) is 77.7 Å². The highest BCUT2D eigenvalue weighted by molar-refractivity contribution is 6.30. The monoisotopic (exact) mass is 1600 g/mol. The van der Waals surface area contributed by atoms with Crippen LogP contribution in [-0.4, -0.2) is 34.5 Å². The molecule has 3 aromatic heterocycles. The Morgan fingerprint density at radius 3 is 0.786 bits per heavy atom. The van der Waals surface area contributed by atoms with Crippen molar-refractivity contribution in [3.8, 4) is 119 Å². The van der Waals surface area contributed by atoms with Crippen LogP contribution in [0, 0.1) is 0 Å². The number of para-hydroxylation sites is 1. The second-order valence-electron chi connectivity index (χ2n) is 32.0. The lowest BCUT2D eigenvalue weighted by molar-refractivity contribution is 1.08. The van der Waals surface area contributed by atoms with Gasteiger partial charge in [-0.15, -0.1) is 0 Å². The van der Waals surface area contributed by atoms with Crippen molar-refractivity contribution < 1.29 is 0 Å². The van der Waals surface area contributed by atoms with Crippen LogP contribution < -0.4 is 4.90 Å². The lowest BCUT2D eigenvalue weighted by Crippen LogP contribution is -2.09. The van der Waals surface area contributed by atoms with E-state index in [1.165, 1.54) is 92.5 Å². The van der Waals surface area contributed by atoms with E-state index in [1.807, 2.05) is 72.8 Å². The Hall–Kier alpha value is -16.9. The summed E-state index contributed by atoms with van der Waals surface area (Å²) in [6, 6.07) is 164. The highest BCUT2D eigenvalue weighted by Gasteiger charge is 2.25. The fourth-order valence-electron chi connectivity index (χ4n) is 18.5. The molecule has 24 rings (SSSR count). The molecule has 0 radical (unpaired) electrons. The minimum atomic E-state index is 0.626. The molecule has 0 fully saturated rings. The molecule has 8 nitrogen and oxygen atoms in total. The normalized spacial score (nSPS) is 11.5. The summed E-state index contributed by atoms with van der Waals surface area (Å²) in [6.07, 6.45) is 0. The third-order valence-corrected chi connectivity index (χ3v) is 24.5. The molecule has 0 aliphatic heterocycles. The van der Waals surface area contributed by atoms with Gasteiger partial charge in [0.05, 0.1) is 11.0 Å². The third-order valence-electron chi connectivity index (χ3n) is 24.5. The van der Waals surface area contributed by atoms with Gasteiger partial charge < -0.3 is 9.47 Å². The van der Waals surface area contributed by atoms with Crippen molar-refractivity contribution in [2.45, 2.75) is 0 Å². The van der Waals surface area contributed by atoms with E-state index < -0.39 is 0 Å². The summed E-state index contributed by atoms with van der Waals surface area (Å²) in [5, 5.41) is 19.0. The second kappa shape index (κ2) is 31.9. The van der Waals surface area contributed by atoms with Crippen molar-refractivity contribution in [1.82, 2.24) is 34.5 Å². The molecule has 0 unspecified atom stereocenters. The van der Waals surface area contributed by atoms with E-state index in [0.29, 0.717) is 34.9 Å². The molecule has 0 bridgehead atoms. The van der Waals surface area contributed by atoms with Gasteiger partial charge in [0.1, 0.15) is 0 Å². The maximum absolute atomic E-state index is 5.30. The summed E-state index contributed by atoms with van der Waals surface area (Å²) in [7, 11) is 0. The number of fused-ring (bicyclic) bond motifs is 16. The summed E-state index contributed by atoms with van der Waals surface area (Å²) in [5.74, 6) is 3.81. The van der Waals surface area contributed by atoms with Crippen molar-refractivity contribution in [3.05, 3.63) is 461 Å². The molecule has 3 heterocycles. The lowest BCUT2D eigenvalue weighted by atomic mass is 9.88. The molecule has 0 atom stereocenters. The molecule has 8 heteroatoms. The summed E-state index contributed by atoms with van der Waals surface area (Å²) in [6.45, 7) is 0. The second-order valence-corrected chi connectivity index (χ2v) is 32.0. The Bertz CT molecular complexity index is 8060. The van der Waals surface area contributed by atoms with Gasteiger partial charge in [-0.05, 0) is 200 Å². The fourth-order valence-corrected chi connectivity index (χ4v) is 18.5. The van der Waals surface area contributed by atoms with E-state index in [1.54, 1.807) is 0 Å². The molecule has 588 valence electrons. The Labute approximate surface area is 728 Å². The molecule has 0 aliphatic rings. The summed E-state index contributed by atoms with van der Waals surface area (Å²) < 4.78 is 2.40. The van der Waals surface area contributed by atoms with Gasteiger partial charge in [-0.1, -0.05) is 370 Å². The Balaban J connectivity index is 0.000000146.